The molecule has 12 heteroatoms. The van der Waals surface area contributed by atoms with Crippen molar-refractivity contribution in [2.75, 3.05) is 25.2 Å². The van der Waals surface area contributed by atoms with Crippen LogP contribution in [-0.4, -0.2) is 90.7 Å². The highest BCUT2D eigenvalue weighted by Crippen LogP contribution is 2.19. The molecular formula is C10H20N2O8S2. The summed E-state index contributed by atoms with van der Waals surface area (Å²) in [4.78, 5) is 11.6. The number of nitrogens with one attached hydrogen (secondary N) is 2. The number of hydrogen-bond donors (Lipinski definition) is 6. The minimum Gasteiger partial charge on any atom is -0.394 e. The average Bonchev–Trinajstić information content (AvgIpc) is 2.47. The van der Waals surface area contributed by atoms with Crippen LogP contribution in [0.2, 0.25) is 0 Å². The van der Waals surface area contributed by atoms with Gasteiger partial charge in [0.2, 0.25) is 8.87 Å². The summed E-state index contributed by atoms with van der Waals surface area (Å²) < 4.78 is 27.5. The number of aliphatic hydroxyl groups excluding tert-OH is 4. The second-order valence-electron chi connectivity index (χ2n) is 4.58. The molecule has 10 nitrogen and oxygen atoms in total. The molecule has 0 aromatic carbocycles. The Bertz CT molecular complexity index is 472. The van der Waals surface area contributed by atoms with Gasteiger partial charge in [-0.15, -0.1) is 0 Å². The molecule has 1 fully saturated rings. The molecule has 1 rings (SSSR count). The number of amides is 2. The van der Waals surface area contributed by atoms with Crippen molar-refractivity contribution in [2.45, 2.75) is 30.6 Å². The molecule has 1 aliphatic heterocycles. The van der Waals surface area contributed by atoms with Crippen LogP contribution in [0.15, 0.2) is 0 Å². The third kappa shape index (κ3) is 5.22. The number of aliphatic hydroxyl groups is 4. The lowest BCUT2D eigenvalue weighted by Gasteiger charge is -2.40. The van der Waals surface area contributed by atoms with Gasteiger partial charge in [0, 0.05) is 6.54 Å². The number of rotatable bonds is 6. The van der Waals surface area contributed by atoms with E-state index in [-0.39, 0.29) is 12.3 Å². The van der Waals surface area contributed by atoms with Crippen LogP contribution < -0.4 is 10.6 Å². The zero-order chi connectivity index (χ0) is 16.9. The topological polar surface area (TPSA) is 165 Å². The molecule has 0 spiro atoms. The number of carbonyl (C=O) groups excluding carboxylic acids is 1. The number of hydrogen-bond acceptors (Lipinski definition) is 9. The summed E-state index contributed by atoms with van der Waals surface area (Å²) in [6.45, 7) is -0.761. The molecule has 0 aliphatic carbocycles. The van der Waals surface area contributed by atoms with Gasteiger partial charge < -0.3 is 35.8 Å². The van der Waals surface area contributed by atoms with Gasteiger partial charge in [0.1, 0.15) is 24.4 Å². The number of ether oxygens (including phenoxy) is 1. The van der Waals surface area contributed by atoms with Crippen LogP contribution >= 0.6 is 10.8 Å². The molecular weight excluding hydrogens is 340 g/mol. The Kier molecular flexibility index (Phi) is 7.31. The van der Waals surface area contributed by atoms with E-state index < -0.39 is 52.2 Å². The van der Waals surface area contributed by atoms with Gasteiger partial charge in [-0.1, -0.05) is 0 Å². The molecule has 1 saturated heterocycles. The molecule has 0 saturated carbocycles. The smallest absolute Gasteiger partial charge is 0.316 e. The minimum atomic E-state index is -3.30. The van der Waals surface area contributed by atoms with E-state index in [9.17, 15) is 28.5 Å². The second kappa shape index (κ2) is 8.29. The highest BCUT2D eigenvalue weighted by Gasteiger charge is 2.43. The van der Waals surface area contributed by atoms with Crippen molar-refractivity contribution < 1.29 is 38.4 Å². The fourth-order valence-electron chi connectivity index (χ4n) is 1.77. The third-order valence-corrected chi connectivity index (χ3v) is 6.29. The maximum Gasteiger partial charge on any atom is 0.316 e. The van der Waals surface area contributed by atoms with E-state index in [1.807, 2.05) is 0 Å². The van der Waals surface area contributed by atoms with Crippen LogP contribution in [0.3, 0.4) is 0 Å². The summed E-state index contributed by atoms with van der Waals surface area (Å²) in [6.07, 6.45) is -5.81. The highest BCUT2D eigenvalue weighted by molar-refractivity contribution is 8.71. The van der Waals surface area contributed by atoms with E-state index in [1.54, 1.807) is 0 Å². The zero-order valence-electron chi connectivity index (χ0n) is 11.7. The van der Waals surface area contributed by atoms with E-state index in [2.05, 4.69) is 10.6 Å². The largest absolute Gasteiger partial charge is 0.394 e. The fraction of sp³-hybridized carbons (Fsp3) is 0.900. The summed E-state index contributed by atoms with van der Waals surface area (Å²) in [7, 11) is -2.63. The molecule has 2 amide bonds. The van der Waals surface area contributed by atoms with Gasteiger partial charge in [0.05, 0.1) is 12.4 Å². The van der Waals surface area contributed by atoms with Crippen LogP contribution in [-0.2, 0) is 13.6 Å². The van der Waals surface area contributed by atoms with Gasteiger partial charge in [0.15, 0.2) is 6.23 Å². The van der Waals surface area contributed by atoms with Gasteiger partial charge in [-0.05, 0) is 17.0 Å². The van der Waals surface area contributed by atoms with E-state index in [0.717, 1.165) is 0 Å². The van der Waals surface area contributed by atoms with Gasteiger partial charge in [-0.25, -0.2) is 13.2 Å². The SMILES string of the molecule is CSS(=O)(=O)CCNC(=O)N[C@@H]1O[C@H](CO)[C@@H](O)[C@H](O)[C@H]1O. The predicted molar refractivity (Wildman–Crippen MR) is 77.6 cm³/mol. The molecule has 0 radical (unpaired) electrons. The minimum absolute atomic E-state index is 0.146. The maximum atomic E-state index is 11.6. The molecule has 22 heavy (non-hydrogen) atoms. The third-order valence-electron chi connectivity index (χ3n) is 3.06. The van der Waals surface area contributed by atoms with Gasteiger partial charge in [-0.3, -0.25) is 0 Å². The van der Waals surface area contributed by atoms with Gasteiger partial charge in [-0.2, -0.15) is 0 Å². The Hall–Kier alpha value is -0.630. The Morgan fingerprint density at radius 2 is 1.86 bits per heavy atom. The second-order valence-corrected chi connectivity index (χ2v) is 8.96. The van der Waals surface area contributed by atoms with E-state index in [0.29, 0.717) is 10.8 Å². The molecule has 1 heterocycles. The van der Waals surface area contributed by atoms with E-state index in [4.69, 9.17) is 9.84 Å². The fourth-order valence-corrected chi connectivity index (χ4v) is 3.04. The first-order chi connectivity index (χ1) is 10.2. The lowest BCUT2D eigenvalue weighted by atomic mass is 9.98. The van der Waals surface area contributed by atoms with Crippen molar-refractivity contribution in [3.63, 3.8) is 0 Å². The van der Waals surface area contributed by atoms with Crippen molar-refractivity contribution in [3.8, 4) is 0 Å². The first kappa shape index (κ1) is 19.4. The van der Waals surface area contributed by atoms with E-state index in [1.165, 1.54) is 6.26 Å². The number of urea groups is 1. The van der Waals surface area contributed by atoms with Crippen LogP contribution in [0.1, 0.15) is 0 Å². The van der Waals surface area contributed by atoms with Crippen molar-refractivity contribution in [1.29, 1.82) is 0 Å². The molecule has 6 N–H and O–H groups in total. The van der Waals surface area contributed by atoms with Crippen molar-refractivity contribution >= 4 is 25.7 Å². The first-order valence-corrected chi connectivity index (χ1v) is 9.74. The zero-order valence-corrected chi connectivity index (χ0v) is 13.4. The van der Waals surface area contributed by atoms with Gasteiger partial charge >= 0.3 is 6.03 Å². The van der Waals surface area contributed by atoms with Crippen molar-refractivity contribution in [3.05, 3.63) is 0 Å². The molecule has 0 aromatic heterocycles. The molecule has 0 unspecified atom stereocenters. The first-order valence-electron chi connectivity index (χ1n) is 6.35. The standard InChI is InChI=1S/C10H20N2O8S2/c1-21-22(18,19)3-2-11-10(17)12-9-8(16)7(15)6(14)5(4-13)20-9/h5-9,13-16H,2-4H2,1H3,(H2,11,12,17)/t5-,6-,7+,8-,9-/m1/s1. The lowest BCUT2D eigenvalue weighted by Crippen LogP contribution is -2.64. The average molecular weight is 360 g/mol. The normalized spacial score (nSPS) is 32.5. The maximum absolute atomic E-state index is 11.6. The van der Waals surface area contributed by atoms with Crippen LogP contribution in [0.5, 0.6) is 0 Å². The Labute approximate surface area is 131 Å². The van der Waals surface area contributed by atoms with Crippen molar-refractivity contribution in [2.24, 2.45) is 0 Å². The monoisotopic (exact) mass is 360 g/mol. The molecule has 130 valence electrons. The van der Waals surface area contributed by atoms with Gasteiger partial charge in [0.25, 0.3) is 0 Å². The molecule has 0 bridgehead atoms. The molecule has 0 aromatic rings. The van der Waals surface area contributed by atoms with Crippen LogP contribution in [0.4, 0.5) is 4.79 Å². The Morgan fingerprint density at radius 1 is 1.23 bits per heavy atom. The molecule has 1 aliphatic rings. The summed E-state index contributed by atoms with van der Waals surface area (Å²) in [6, 6.07) is -0.819. The van der Waals surface area contributed by atoms with Crippen LogP contribution in [0.25, 0.3) is 0 Å². The summed E-state index contributed by atoms with van der Waals surface area (Å²) >= 11 is 0. The summed E-state index contributed by atoms with van der Waals surface area (Å²) in [5.41, 5.74) is 0. The lowest BCUT2D eigenvalue weighted by molar-refractivity contribution is -0.233. The number of carbonyl (C=O) groups is 1. The summed E-state index contributed by atoms with van der Waals surface area (Å²) in [5, 5.41) is 42.3. The summed E-state index contributed by atoms with van der Waals surface area (Å²) in [5.74, 6) is -0.268. The highest BCUT2D eigenvalue weighted by atomic mass is 33.1. The Balaban J connectivity index is 2.49. The quantitative estimate of drug-likeness (QED) is 0.267. The van der Waals surface area contributed by atoms with Crippen molar-refractivity contribution in [1.82, 2.24) is 10.6 Å². The predicted octanol–water partition coefficient (Wildman–Crippen LogP) is -3.22. The van der Waals surface area contributed by atoms with E-state index >= 15 is 0 Å². The molecule has 5 atom stereocenters. The van der Waals surface area contributed by atoms with Crippen LogP contribution in [0, 0.1) is 0 Å². The Morgan fingerprint density at radius 3 is 2.41 bits per heavy atom.